The Hall–Kier alpha value is -2.64. The number of para-hydroxylation sites is 1. The lowest BCUT2D eigenvalue weighted by Crippen LogP contribution is -2.32. The number of amides is 1. The molecule has 1 aromatic heterocycles. The first-order valence-electron chi connectivity index (χ1n) is 11.6. The summed E-state index contributed by atoms with van der Waals surface area (Å²) in [6.07, 6.45) is 2.80. The highest BCUT2D eigenvalue weighted by Gasteiger charge is 2.21. The summed E-state index contributed by atoms with van der Waals surface area (Å²) in [6, 6.07) is 17.4. The van der Waals surface area contributed by atoms with Gasteiger partial charge in [0.25, 0.3) is 5.56 Å². The van der Waals surface area contributed by atoms with Crippen LogP contribution in [-0.4, -0.2) is 33.9 Å². The van der Waals surface area contributed by atoms with Crippen molar-refractivity contribution in [3.8, 4) is 0 Å². The number of thioether (sulfide) groups is 1. The SMILES string of the molecule is CC(C)CC(NC(=O)CSc1nc2ccccc2c(=O)n1CC1CCCO1)c1ccccc1. The van der Waals surface area contributed by atoms with Gasteiger partial charge in [-0.2, -0.15) is 0 Å². The highest BCUT2D eigenvalue weighted by Crippen LogP contribution is 2.23. The Morgan fingerprint density at radius 1 is 1.18 bits per heavy atom. The minimum absolute atomic E-state index is 0.00680. The molecule has 4 rings (SSSR count). The van der Waals surface area contributed by atoms with Gasteiger partial charge >= 0.3 is 0 Å². The minimum Gasteiger partial charge on any atom is -0.376 e. The van der Waals surface area contributed by atoms with Gasteiger partial charge < -0.3 is 10.1 Å². The molecule has 0 spiro atoms. The second-order valence-corrected chi connectivity index (χ2v) is 9.85. The van der Waals surface area contributed by atoms with Gasteiger partial charge in [-0.15, -0.1) is 0 Å². The number of nitrogens with zero attached hydrogens (tertiary/aromatic N) is 2. The Labute approximate surface area is 198 Å². The fraction of sp³-hybridized carbons (Fsp3) is 0.423. The lowest BCUT2D eigenvalue weighted by Gasteiger charge is -2.21. The van der Waals surface area contributed by atoms with E-state index in [0.29, 0.717) is 28.5 Å². The molecule has 6 nitrogen and oxygen atoms in total. The van der Waals surface area contributed by atoms with Crippen LogP contribution < -0.4 is 10.9 Å². The molecule has 7 heteroatoms. The molecule has 1 amide bonds. The van der Waals surface area contributed by atoms with E-state index >= 15 is 0 Å². The quantitative estimate of drug-likeness (QED) is 0.370. The minimum atomic E-state index is -0.0824. The van der Waals surface area contributed by atoms with Gasteiger partial charge in [0.15, 0.2) is 5.16 Å². The third-order valence-electron chi connectivity index (χ3n) is 5.81. The second-order valence-electron chi connectivity index (χ2n) is 8.91. The molecule has 174 valence electrons. The fourth-order valence-electron chi connectivity index (χ4n) is 4.21. The Morgan fingerprint density at radius 2 is 1.94 bits per heavy atom. The van der Waals surface area contributed by atoms with Crippen molar-refractivity contribution in [3.63, 3.8) is 0 Å². The second kappa shape index (κ2) is 11.0. The van der Waals surface area contributed by atoms with Crippen molar-refractivity contribution < 1.29 is 9.53 Å². The van der Waals surface area contributed by atoms with Crippen molar-refractivity contribution in [1.29, 1.82) is 0 Å². The van der Waals surface area contributed by atoms with Crippen molar-refractivity contribution in [2.75, 3.05) is 12.4 Å². The Kier molecular flexibility index (Phi) is 7.83. The van der Waals surface area contributed by atoms with Crippen LogP contribution in [-0.2, 0) is 16.1 Å². The molecule has 2 unspecified atom stereocenters. The number of aromatic nitrogens is 2. The molecule has 2 heterocycles. The van der Waals surface area contributed by atoms with Crippen LogP contribution >= 0.6 is 11.8 Å². The van der Waals surface area contributed by atoms with Gasteiger partial charge in [-0.1, -0.05) is 68.1 Å². The number of carbonyl (C=O) groups is 1. The maximum Gasteiger partial charge on any atom is 0.262 e. The first kappa shape index (κ1) is 23.5. The third kappa shape index (κ3) is 6.03. The molecule has 0 saturated carbocycles. The summed E-state index contributed by atoms with van der Waals surface area (Å²) in [5.41, 5.74) is 1.67. The first-order valence-corrected chi connectivity index (χ1v) is 12.6. The van der Waals surface area contributed by atoms with Gasteiger partial charge in [0.2, 0.25) is 5.91 Å². The number of rotatable bonds is 9. The normalized spacial score (nSPS) is 16.9. The zero-order valence-electron chi connectivity index (χ0n) is 19.2. The summed E-state index contributed by atoms with van der Waals surface area (Å²) in [4.78, 5) is 30.9. The van der Waals surface area contributed by atoms with Crippen molar-refractivity contribution >= 4 is 28.6 Å². The lowest BCUT2D eigenvalue weighted by molar-refractivity contribution is -0.119. The van der Waals surface area contributed by atoms with Gasteiger partial charge in [0, 0.05) is 6.61 Å². The molecular weight excluding hydrogens is 434 g/mol. The van der Waals surface area contributed by atoms with Crippen LogP contribution in [0.1, 0.15) is 44.7 Å². The summed E-state index contributed by atoms with van der Waals surface area (Å²) in [5, 5.41) is 4.33. The van der Waals surface area contributed by atoms with E-state index < -0.39 is 0 Å². The Bertz CT molecular complexity index is 1140. The number of benzene rings is 2. The molecule has 1 saturated heterocycles. The molecule has 2 aromatic carbocycles. The van der Waals surface area contributed by atoms with Crippen molar-refractivity contribution in [2.45, 2.75) is 57.0 Å². The summed E-state index contributed by atoms with van der Waals surface area (Å²) in [6.45, 7) is 5.49. The van der Waals surface area contributed by atoms with E-state index in [1.54, 1.807) is 10.6 Å². The zero-order valence-corrected chi connectivity index (χ0v) is 20.0. The predicted molar refractivity (Wildman–Crippen MR) is 132 cm³/mol. The monoisotopic (exact) mass is 465 g/mol. The van der Waals surface area contributed by atoms with E-state index in [9.17, 15) is 9.59 Å². The molecule has 1 aliphatic heterocycles. The predicted octanol–water partition coefficient (Wildman–Crippen LogP) is 4.57. The van der Waals surface area contributed by atoms with Gasteiger partial charge in [0.05, 0.1) is 35.3 Å². The Balaban J connectivity index is 1.52. The molecule has 3 aromatic rings. The van der Waals surface area contributed by atoms with Gasteiger partial charge in [-0.25, -0.2) is 4.98 Å². The molecular formula is C26H31N3O3S. The maximum absolute atomic E-state index is 13.2. The molecule has 1 aliphatic rings. The van der Waals surface area contributed by atoms with Crippen LogP contribution in [0.5, 0.6) is 0 Å². The van der Waals surface area contributed by atoms with E-state index in [4.69, 9.17) is 9.72 Å². The molecule has 33 heavy (non-hydrogen) atoms. The number of ether oxygens (including phenoxy) is 1. The molecule has 1 N–H and O–H groups in total. The third-order valence-corrected chi connectivity index (χ3v) is 6.79. The van der Waals surface area contributed by atoms with Gasteiger partial charge in [-0.05, 0) is 42.9 Å². The zero-order chi connectivity index (χ0) is 23.2. The van der Waals surface area contributed by atoms with Gasteiger partial charge in [-0.3, -0.25) is 14.2 Å². The topological polar surface area (TPSA) is 73.2 Å². The first-order chi connectivity index (χ1) is 16.0. The summed E-state index contributed by atoms with van der Waals surface area (Å²) in [7, 11) is 0. The smallest absolute Gasteiger partial charge is 0.262 e. The van der Waals surface area contributed by atoms with E-state index in [1.165, 1.54) is 11.8 Å². The highest BCUT2D eigenvalue weighted by molar-refractivity contribution is 7.99. The largest absolute Gasteiger partial charge is 0.376 e. The number of carbonyl (C=O) groups excluding carboxylic acids is 1. The van der Waals surface area contributed by atoms with Crippen LogP contribution in [0.3, 0.4) is 0 Å². The van der Waals surface area contributed by atoms with E-state index in [-0.39, 0.29) is 29.4 Å². The van der Waals surface area contributed by atoms with Crippen LogP contribution in [0.15, 0.2) is 64.5 Å². The van der Waals surface area contributed by atoms with Crippen LogP contribution in [0.2, 0.25) is 0 Å². The number of hydrogen-bond donors (Lipinski definition) is 1. The number of hydrogen-bond acceptors (Lipinski definition) is 5. The molecule has 0 aliphatic carbocycles. The maximum atomic E-state index is 13.2. The van der Waals surface area contributed by atoms with Crippen molar-refractivity contribution in [1.82, 2.24) is 14.9 Å². The molecule has 1 fully saturated rings. The van der Waals surface area contributed by atoms with E-state index in [1.807, 2.05) is 48.5 Å². The van der Waals surface area contributed by atoms with Crippen LogP contribution in [0.4, 0.5) is 0 Å². The lowest BCUT2D eigenvalue weighted by atomic mass is 9.97. The summed E-state index contributed by atoms with van der Waals surface area (Å²) in [5.74, 6) is 0.569. The molecule has 2 atom stereocenters. The van der Waals surface area contributed by atoms with Crippen molar-refractivity contribution in [2.24, 2.45) is 5.92 Å². The van der Waals surface area contributed by atoms with Gasteiger partial charge in [0.1, 0.15) is 0 Å². The number of nitrogens with one attached hydrogen (secondary N) is 1. The standard InChI is InChI=1S/C26H31N3O3S/c1-18(2)15-23(19-9-4-3-5-10-19)27-24(30)17-33-26-28-22-13-7-6-12-21(22)25(31)29(26)16-20-11-8-14-32-20/h3-7,9-10,12-13,18,20,23H,8,11,14-17H2,1-2H3,(H,27,30). The molecule has 0 bridgehead atoms. The summed E-state index contributed by atoms with van der Waals surface area (Å²) >= 11 is 1.31. The van der Waals surface area contributed by atoms with E-state index in [2.05, 4.69) is 19.2 Å². The van der Waals surface area contributed by atoms with Crippen molar-refractivity contribution in [3.05, 3.63) is 70.5 Å². The average Bonchev–Trinajstić information content (AvgIpc) is 3.33. The summed E-state index contributed by atoms with van der Waals surface area (Å²) < 4.78 is 7.45. The fourth-order valence-corrected chi connectivity index (χ4v) is 5.03. The van der Waals surface area contributed by atoms with Crippen LogP contribution in [0, 0.1) is 5.92 Å². The highest BCUT2D eigenvalue weighted by atomic mass is 32.2. The molecule has 0 radical (unpaired) electrons. The van der Waals surface area contributed by atoms with Crippen LogP contribution in [0.25, 0.3) is 10.9 Å². The average molecular weight is 466 g/mol. The Morgan fingerprint density at radius 3 is 2.67 bits per heavy atom. The number of fused-ring (bicyclic) bond motifs is 1. The van der Waals surface area contributed by atoms with E-state index in [0.717, 1.165) is 31.4 Å².